The molecule has 0 unspecified atom stereocenters. The largest absolute Gasteiger partial charge is 0.456 e. The molecule has 2 aromatic heterocycles. The number of aromatic nitrogens is 3. The predicted molar refractivity (Wildman–Crippen MR) is 77.3 cm³/mol. The second-order valence-corrected chi connectivity index (χ2v) is 4.92. The van der Waals surface area contributed by atoms with Gasteiger partial charge in [0.25, 0.3) is 5.56 Å². The molecule has 6 nitrogen and oxygen atoms in total. The number of nitrogens with one attached hydrogen (secondary N) is 2. The lowest BCUT2D eigenvalue weighted by Gasteiger charge is -2.08. The number of ether oxygens (including phenoxy) is 1. The molecule has 0 bridgehead atoms. The van der Waals surface area contributed by atoms with Gasteiger partial charge in [0.15, 0.2) is 0 Å². The number of rotatable bonds is 3. The van der Waals surface area contributed by atoms with Gasteiger partial charge in [-0.05, 0) is 5.56 Å². The first-order valence-electron chi connectivity index (χ1n) is 6.75. The highest BCUT2D eigenvalue weighted by Crippen LogP contribution is 2.36. The van der Waals surface area contributed by atoms with E-state index in [4.69, 9.17) is 4.74 Å². The van der Waals surface area contributed by atoms with Crippen molar-refractivity contribution in [3.05, 3.63) is 63.7 Å². The molecule has 2 N–H and O–H groups in total. The highest BCUT2D eigenvalue weighted by Gasteiger charge is 2.40. The van der Waals surface area contributed by atoms with Gasteiger partial charge in [0.05, 0.1) is 17.1 Å². The van der Waals surface area contributed by atoms with Crippen molar-refractivity contribution in [2.75, 3.05) is 0 Å². The van der Waals surface area contributed by atoms with E-state index in [2.05, 4.69) is 10.1 Å². The molecule has 0 fully saturated rings. The maximum Gasteiger partial charge on any atom is 0.419 e. The van der Waals surface area contributed by atoms with Crippen LogP contribution in [0, 0.1) is 0 Å². The van der Waals surface area contributed by atoms with Gasteiger partial charge in [0.2, 0.25) is 0 Å². The molecule has 0 atom stereocenters. The summed E-state index contributed by atoms with van der Waals surface area (Å²) in [5.74, 6) is -1.21. The Hall–Kier alpha value is -3.10. The van der Waals surface area contributed by atoms with Crippen LogP contribution >= 0.6 is 0 Å². The number of H-pyrrole nitrogens is 2. The molecule has 1 aromatic carbocycles. The van der Waals surface area contributed by atoms with Crippen molar-refractivity contribution in [2.24, 2.45) is 0 Å². The van der Waals surface area contributed by atoms with Crippen molar-refractivity contribution in [2.45, 2.75) is 12.8 Å². The molecular formula is C15H10F3N3O3. The second-order valence-electron chi connectivity index (χ2n) is 4.92. The van der Waals surface area contributed by atoms with E-state index < -0.39 is 34.3 Å². The third kappa shape index (κ3) is 2.87. The Morgan fingerprint density at radius 3 is 2.58 bits per heavy atom. The summed E-state index contributed by atoms with van der Waals surface area (Å²) < 4.78 is 44.9. The first-order valence-corrected chi connectivity index (χ1v) is 6.75. The quantitative estimate of drug-likeness (QED) is 0.719. The average molecular weight is 337 g/mol. The van der Waals surface area contributed by atoms with E-state index in [0.29, 0.717) is 5.56 Å². The molecule has 24 heavy (non-hydrogen) atoms. The van der Waals surface area contributed by atoms with Crippen LogP contribution in [0.15, 0.2) is 41.3 Å². The monoisotopic (exact) mass is 337 g/mol. The Morgan fingerprint density at radius 2 is 1.92 bits per heavy atom. The van der Waals surface area contributed by atoms with Gasteiger partial charge in [-0.15, -0.1) is 0 Å². The maximum atomic E-state index is 13.3. The lowest BCUT2D eigenvalue weighted by Crippen LogP contribution is -2.17. The van der Waals surface area contributed by atoms with Crippen molar-refractivity contribution >= 4 is 16.9 Å². The van der Waals surface area contributed by atoms with Crippen molar-refractivity contribution in [1.29, 1.82) is 0 Å². The van der Waals surface area contributed by atoms with Gasteiger partial charge in [-0.1, -0.05) is 30.3 Å². The average Bonchev–Trinajstić information content (AvgIpc) is 2.95. The van der Waals surface area contributed by atoms with Gasteiger partial charge in [-0.3, -0.25) is 4.79 Å². The Balaban J connectivity index is 2.01. The minimum absolute atomic E-state index is 0.194. The van der Waals surface area contributed by atoms with E-state index in [9.17, 15) is 22.8 Å². The molecule has 3 aromatic rings. The number of alkyl halides is 3. The van der Waals surface area contributed by atoms with E-state index in [1.165, 1.54) is 0 Å². The zero-order chi connectivity index (χ0) is 17.3. The zero-order valence-electron chi connectivity index (χ0n) is 12.0. The van der Waals surface area contributed by atoms with Gasteiger partial charge in [0.1, 0.15) is 17.9 Å². The second kappa shape index (κ2) is 5.84. The predicted octanol–water partition coefficient (Wildman–Crippen LogP) is 2.63. The number of fused-ring (bicyclic) bond motifs is 1. The summed E-state index contributed by atoms with van der Waals surface area (Å²) >= 11 is 0. The van der Waals surface area contributed by atoms with E-state index >= 15 is 0 Å². The minimum Gasteiger partial charge on any atom is -0.456 e. The standard InChI is InChI=1S/C15H10F3N3O3/c16-15(17,18)11-10-9(6-19-21-13(10)22)20-12(11)14(23)24-7-8-4-2-1-3-5-8/h1-6,20H,7H2,(H,21,22). The van der Waals surface area contributed by atoms with Crippen LogP contribution in [-0.2, 0) is 17.5 Å². The van der Waals surface area contributed by atoms with Gasteiger partial charge in [0, 0.05) is 0 Å². The lowest BCUT2D eigenvalue weighted by atomic mass is 10.1. The molecule has 0 spiro atoms. The van der Waals surface area contributed by atoms with E-state index in [1.807, 2.05) is 5.10 Å². The Morgan fingerprint density at radius 1 is 1.21 bits per heavy atom. The molecule has 2 heterocycles. The summed E-state index contributed by atoms with van der Waals surface area (Å²) in [5, 5.41) is 4.66. The van der Waals surface area contributed by atoms with Crippen molar-refractivity contribution in [1.82, 2.24) is 15.2 Å². The first kappa shape index (κ1) is 15.8. The number of aromatic amines is 2. The Bertz CT molecular complexity index is 945. The fraction of sp³-hybridized carbons (Fsp3) is 0.133. The summed E-state index contributed by atoms with van der Waals surface area (Å²) in [4.78, 5) is 26.0. The lowest BCUT2D eigenvalue weighted by molar-refractivity contribution is -0.136. The van der Waals surface area contributed by atoms with Crippen LogP contribution in [0.3, 0.4) is 0 Å². The first-order chi connectivity index (χ1) is 11.4. The SMILES string of the molecule is O=C(OCc1ccccc1)c1[nH]c2cn[nH]c(=O)c2c1C(F)(F)F. The summed E-state index contributed by atoms with van der Waals surface area (Å²) in [6.45, 7) is -0.194. The summed E-state index contributed by atoms with van der Waals surface area (Å²) in [6.07, 6.45) is -3.91. The number of carbonyl (C=O) groups is 1. The number of esters is 1. The molecule has 0 saturated heterocycles. The summed E-state index contributed by atoms with van der Waals surface area (Å²) in [5.41, 5.74) is -2.81. The number of halogens is 3. The van der Waals surface area contributed by atoms with Crippen LogP contribution < -0.4 is 5.56 Å². The fourth-order valence-electron chi connectivity index (χ4n) is 2.30. The number of hydrogen-bond acceptors (Lipinski definition) is 4. The van der Waals surface area contributed by atoms with Crippen LogP contribution in [0.25, 0.3) is 10.9 Å². The molecule has 0 aliphatic carbocycles. The molecule has 0 saturated carbocycles. The molecule has 0 radical (unpaired) electrons. The number of nitrogens with zero attached hydrogens (tertiary/aromatic N) is 1. The topological polar surface area (TPSA) is 87.8 Å². The third-order valence-electron chi connectivity index (χ3n) is 3.32. The highest BCUT2D eigenvalue weighted by molar-refractivity contribution is 5.98. The van der Waals surface area contributed by atoms with Crippen LogP contribution in [0.2, 0.25) is 0 Å². The molecule has 124 valence electrons. The molecule has 0 amide bonds. The van der Waals surface area contributed by atoms with E-state index in [-0.39, 0.29) is 12.1 Å². The number of benzene rings is 1. The number of carbonyl (C=O) groups excluding carboxylic acids is 1. The van der Waals surface area contributed by atoms with Gasteiger partial charge < -0.3 is 9.72 Å². The molecule has 3 rings (SSSR count). The smallest absolute Gasteiger partial charge is 0.419 e. The summed E-state index contributed by atoms with van der Waals surface area (Å²) in [7, 11) is 0. The third-order valence-corrected chi connectivity index (χ3v) is 3.32. The maximum absolute atomic E-state index is 13.3. The fourth-order valence-corrected chi connectivity index (χ4v) is 2.30. The zero-order valence-corrected chi connectivity index (χ0v) is 12.0. The Labute approximate surface area is 132 Å². The van der Waals surface area contributed by atoms with E-state index in [1.54, 1.807) is 30.3 Å². The molecule has 9 heteroatoms. The normalized spacial score (nSPS) is 11.6. The molecule has 0 aliphatic rings. The minimum atomic E-state index is -4.91. The molecular weight excluding hydrogens is 327 g/mol. The molecule has 0 aliphatic heterocycles. The van der Waals surface area contributed by atoms with Crippen LogP contribution in [0.5, 0.6) is 0 Å². The van der Waals surface area contributed by atoms with Crippen molar-refractivity contribution in [3.63, 3.8) is 0 Å². The van der Waals surface area contributed by atoms with Crippen LogP contribution in [0.4, 0.5) is 13.2 Å². The van der Waals surface area contributed by atoms with Gasteiger partial charge >= 0.3 is 12.1 Å². The van der Waals surface area contributed by atoms with Gasteiger partial charge in [-0.25, -0.2) is 9.89 Å². The highest BCUT2D eigenvalue weighted by atomic mass is 19.4. The van der Waals surface area contributed by atoms with E-state index in [0.717, 1.165) is 6.20 Å². The van der Waals surface area contributed by atoms with Gasteiger partial charge in [-0.2, -0.15) is 18.3 Å². The van der Waals surface area contributed by atoms with Crippen molar-refractivity contribution in [3.8, 4) is 0 Å². The summed E-state index contributed by atoms with van der Waals surface area (Å²) in [6, 6.07) is 8.50. The van der Waals surface area contributed by atoms with Crippen LogP contribution in [0.1, 0.15) is 21.6 Å². The Kier molecular flexibility index (Phi) is 3.84. The van der Waals surface area contributed by atoms with Crippen LogP contribution in [-0.4, -0.2) is 21.2 Å². The number of hydrogen-bond donors (Lipinski definition) is 2. The van der Waals surface area contributed by atoms with Crippen molar-refractivity contribution < 1.29 is 22.7 Å².